The topological polar surface area (TPSA) is 67.6 Å². The Balaban J connectivity index is 1.64. The van der Waals surface area contributed by atoms with E-state index in [-0.39, 0.29) is 17.9 Å². The van der Waals surface area contributed by atoms with Crippen LogP contribution in [0.2, 0.25) is 0 Å². The first-order valence-electron chi connectivity index (χ1n) is 8.17. The molecular formula is C17H25N3O2. The number of amides is 1. The molecule has 120 valence electrons. The maximum atomic E-state index is 12.4. The zero-order chi connectivity index (χ0) is 15.4. The highest BCUT2D eigenvalue weighted by molar-refractivity contribution is 5.93. The number of nitrogens with one attached hydrogen (secondary N) is 1. The van der Waals surface area contributed by atoms with Gasteiger partial charge in [0, 0.05) is 37.3 Å². The number of nitrogens with zero attached hydrogens (tertiary/aromatic N) is 1. The van der Waals surface area contributed by atoms with Gasteiger partial charge in [-0.15, -0.1) is 0 Å². The summed E-state index contributed by atoms with van der Waals surface area (Å²) in [5.74, 6) is 0.175. The van der Waals surface area contributed by atoms with Crippen molar-refractivity contribution >= 4 is 11.6 Å². The van der Waals surface area contributed by atoms with Gasteiger partial charge in [0.1, 0.15) is 0 Å². The fourth-order valence-electron chi connectivity index (χ4n) is 3.27. The summed E-state index contributed by atoms with van der Waals surface area (Å²) in [5, 5.41) is 3.11. The number of hydrogen-bond donors (Lipinski definition) is 2. The third kappa shape index (κ3) is 3.85. The number of morpholine rings is 1. The Morgan fingerprint density at radius 1 is 1.27 bits per heavy atom. The molecule has 1 aromatic carbocycles. The van der Waals surface area contributed by atoms with Gasteiger partial charge in [0.2, 0.25) is 5.91 Å². The van der Waals surface area contributed by atoms with E-state index in [0.29, 0.717) is 0 Å². The molecule has 3 N–H and O–H groups in total. The number of hydrogen-bond acceptors (Lipinski definition) is 4. The lowest BCUT2D eigenvalue weighted by Crippen LogP contribution is -2.36. The van der Waals surface area contributed by atoms with Gasteiger partial charge < -0.3 is 15.8 Å². The second-order valence-corrected chi connectivity index (χ2v) is 6.30. The minimum atomic E-state index is 0.0615. The van der Waals surface area contributed by atoms with Gasteiger partial charge in [-0.1, -0.05) is 18.2 Å². The van der Waals surface area contributed by atoms with E-state index in [9.17, 15) is 4.79 Å². The highest BCUT2D eigenvalue weighted by Gasteiger charge is 2.28. The Labute approximate surface area is 131 Å². The van der Waals surface area contributed by atoms with Crippen LogP contribution in [-0.2, 0) is 16.1 Å². The number of anilines is 1. The number of rotatable bonds is 4. The van der Waals surface area contributed by atoms with Crippen LogP contribution in [0.4, 0.5) is 5.69 Å². The van der Waals surface area contributed by atoms with E-state index in [4.69, 9.17) is 10.5 Å². The molecule has 2 unspecified atom stereocenters. The zero-order valence-corrected chi connectivity index (χ0v) is 13.0. The molecule has 1 aromatic rings. The SMILES string of the molecule is NC1CCC(C(=O)Nc2ccccc2CN2CCOCC2)C1. The molecule has 0 radical (unpaired) electrons. The van der Waals surface area contributed by atoms with Gasteiger partial charge in [-0.05, 0) is 30.9 Å². The summed E-state index contributed by atoms with van der Waals surface area (Å²) in [6.07, 6.45) is 2.66. The first-order chi connectivity index (χ1) is 10.7. The Morgan fingerprint density at radius 2 is 2.05 bits per heavy atom. The summed E-state index contributed by atoms with van der Waals surface area (Å²) in [4.78, 5) is 14.8. The van der Waals surface area contributed by atoms with Gasteiger partial charge in [0.05, 0.1) is 13.2 Å². The molecule has 1 heterocycles. The quantitative estimate of drug-likeness (QED) is 0.886. The number of benzene rings is 1. The van der Waals surface area contributed by atoms with Crippen LogP contribution in [0.1, 0.15) is 24.8 Å². The number of carbonyl (C=O) groups excluding carboxylic acids is 1. The fraction of sp³-hybridized carbons (Fsp3) is 0.588. The summed E-state index contributed by atoms with van der Waals surface area (Å²) in [7, 11) is 0. The molecule has 1 aliphatic carbocycles. The van der Waals surface area contributed by atoms with Crippen LogP contribution in [0, 0.1) is 5.92 Å². The van der Waals surface area contributed by atoms with Gasteiger partial charge in [0.25, 0.3) is 0 Å². The molecule has 1 aliphatic heterocycles. The van der Waals surface area contributed by atoms with Gasteiger partial charge in [-0.2, -0.15) is 0 Å². The van der Waals surface area contributed by atoms with Crippen molar-refractivity contribution in [3.05, 3.63) is 29.8 Å². The standard InChI is InChI=1S/C17H25N3O2/c18-15-6-5-13(11-15)17(21)19-16-4-2-1-3-14(16)12-20-7-9-22-10-8-20/h1-4,13,15H,5-12,18H2,(H,19,21). The van der Waals surface area contributed by atoms with Crippen molar-refractivity contribution in [2.24, 2.45) is 11.7 Å². The lowest BCUT2D eigenvalue weighted by Gasteiger charge is -2.27. The Bertz CT molecular complexity index is 514. The molecule has 22 heavy (non-hydrogen) atoms. The lowest BCUT2D eigenvalue weighted by molar-refractivity contribution is -0.119. The highest BCUT2D eigenvalue weighted by Crippen LogP contribution is 2.26. The normalized spacial score (nSPS) is 26.0. The summed E-state index contributed by atoms with van der Waals surface area (Å²) < 4.78 is 5.39. The van der Waals surface area contributed by atoms with E-state index in [1.54, 1.807) is 0 Å². The highest BCUT2D eigenvalue weighted by atomic mass is 16.5. The Kier molecular flexibility index (Phi) is 5.08. The third-order valence-corrected chi connectivity index (χ3v) is 4.62. The Morgan fingerprint density at radius 3 is 2.77 bits per heavy atom. The van der Waals surface area contributed by atoms with Crippen LogP contribution < -0.4 is 11.1 Å². The van der Waals surface area contributed by atoms with Crippen LogP contribution in [0.15, 0.2) is 24.3 Å². The largest absolute Gasteiger partial charge is 0.379 e. The number of nitrogens with two attached hydrogens (primary N) is 1. The number of ether oxygens (including phenoxy) is 1. The minimum absolute atomic E-state index is 0.0615. The van der Waals surface area contributed by atoms with Crippen LogP contribution in [0.5, 0.6) is 0 Å². The molecule has 0 spiro atoms. The molecule has 1 amide bonds. The summed E-state index contributed by atoms with van der Waals surface area (Å²) in [5.41, 5.74) is 8.01. The minimum Gasteiger partial charge on any atom is -0.379 e. The van der Waals surface area contributed by atoms with Gasteiger partial charge in [0.15, 0.2) is 0 Å². The first-order valence-corrected chi connectivity index (χ1v) is 8.17. The van der Waals surface area contributed by atoms with E-state index in [2.05, 4.69) is 16.3 Å². The second kappa shape index (κ2) is 7.22. The Hall–Kier alpha value is -1.43. The van der Waals surface area contributed by atoms with Crippen LogP contribution in [0.3, 0.4) is 0 Å². The average Bonchev–Trinajstić information content (AvgIpc) is 2.97. The smallest absolute Gasteiger partial charge is 0.227 e. The molecule has 1 saturated carbocycles. The molecule has 5 nitrogen and oxygen atoms in total. The van der Waals surface area contributed by atoms with Gasteiger partial charge in [-0.25, -0.2) is 0 Å². The average molecular weight is 303 g/mol. The van der Waals surface area contributed by atoms with E-state index in [0.717, 1.165) is 57.8 Å². The summed E-state index contributed by atoms with van der Waals surface area (Å²) in [6, 6.07) is 8.25. The molecule has 2 fully saturated rings. The van der Waals surface area contributed by atoms with Crippen LogP contribution >= 0.6 is 0 Å². The molecule has 0 aromatic heterocycles. The third-order valence-electron chi connectivity index (χ3n) is 4.62. The van der Waals surface area contributed by atoms with E-state index in [1.165, 1.54) is 5.56 Å². The lowest BCUT2D eigenvalue weighted by atomic mass is 10.1. The predicted molar refractivity (Wildman–Crippen MR) is 86.5 cm³/mol. The predicted octanol–water partition coefficient (Wildman–Crippen LogP) is 1.58. The van der Waals surface area contributed by atoms with E-state index in [1.807, 2.05) is 18.2 Å². The fourth-order valence-corrected chi connectivity index (χ4v) is 3.27. The van der Waals surface area contributed by atoms with Crippen molar-refractivity contribution in [2.75, 3.05) is 31.6 Å². The van der Waals surface area contributed by atoms with Crippen molar-refractivity contribution in [3.63, 3.8) is 0 Å². The summed E-state index contributed by atoms with van der Waals surface area (Å²) in [6.45, 7) is 4.31. The molecule has 5 heteroatoms. The first kappa shape index (κ1) is 15.5. The number of carbonyl (C=O) groups is 1. The monoisotopic (exact) mass is 303 g/mol. The molecule has 1 saturated heterocycles. The molecule has 2 aliphatic rings. The molecule has 2 atom stereocenters. The molecule has 3 rings (SSSR count). The van der Waals surface area contributed by atoms with Crippen molar-refractivity contribution in [2.45, 2.75) is 31.8 Å². The van der Waals surface area contributed by atoms with Crippen LogP contribution in [0.25, 0.3) is 0 Å². The van der Waals surface area contributed by atoms with Crippen molar-refractivity contribution in [1.29, 1.82) is 0 Å². The number of para-hydroxylation sites is 1. The van der Waals surface area contributed by atoms with Gasteiger partial charge >= 0.3 is 0 Å². The van der Waals surface area contributed by atoms with Crippen molar-refractivity contribution < 1.29 is 9.53 Å². The maximum absolute atomic E-state index is 12.4. The van der Waals surface area contributed by atoms with Crippen LogP contribution in [-0.4, -0.2) is 43.2 Å². The van der Waals surface area contributed by atoms with Gasteiger partial charge in [-0.3, -0.25) is 9.69 Å². The van der Waals surface area contributed by atoms with Crippen molar-refractivity contribution in [3.8, 4) is 0 Å². The second-order valence-electron chi connectivity index (χ2n) is 6.30. The van der Waals surface area contributed by atoms with Crippen molar-refractivity contribution in [1.82, 2.24) is 4.90 Å². The maximum Gasteiger partial charge on any atom is 0.227 e. The molecule has 0 bridgehead atoms. The van der Waals surface area contributed by atoms with E-state index < -0.39 is 0 Å². The molecular weight excluding hydrogens is 278 g/mol. The zero-order valence-electron chi connectivity index (χ0n) is 13.0. The summed E-state index contributed by atoms with van der Waals surface area (Å²) >= 11 is 0. The van der Waals surface area contributed by atoms with E-state index >= 15 is 0 Å².